The lowest BCUT2D eigenvalue weighted by atomic mass is 10.3. The molecule has 3 heterocycles. The number of hydrogen-bond acceptors (Lipinski definition) is 7. The molecule has 4 rings (SSSR count). The van der Waals surface area contributed by atoms with Crippen molar-refractivity contribution in [3.05, 3.63) is 52.9 Å². The molecule has 0 bridgehead atoms. The van der Waals surface area contributed by atoms with E-state index in [0.29, 0.717) is 6.61 Å². The summed E-state index contributed by atoms with van der Waals surface area (Å²) in [4.78, 5) is 10.1. The minimum absolute atomic E-state index is 0.365. The lowest BCUT2D eigenvalue weighted by Crippen LogP contribution is -2.04. The van der Waals surface area contributed by atoms with Gasteiger partial charge in [-0.3, -0.25) is 0 Å². The number of nitrogens with zero attached hydrogens (tertiary/aromatic N) is 5. The highest BCUT2D eigenvalue weighted by atomic mass is 32.2. The molecule has 4 aromatic rings. The van der Waals surface area contributed by atoms with Crippen molar-refractivity contribution in [3.63, 3.8) is 0 Å². The van der Waals surface area contributed by atoms with Gasteiger partial charge < -0.3 is 9.30 Å². The van der Waals surface area contributed by atoms with Crippen LogP contribution >= 0.6 is 23.1 Å². The molecule has 0 amide bonds. The van der Waals surface area contributed by atoms with Gasteiger partial charge in [-0.05, 0) is 48.7 Å². The molecule has 1 aromatic carbocycles. The second-order valence-corrected chi connectivity index (χ2v) is 7.65. The number of rotatable bonds is 5. The fraction of sp³-hybridized carbons (Fsp3) is 0.222. The standard InChI is InChI=1S/C18H17N5OS2/c1-11-10-25-16-15(11)17(20-12(2)19-16)26-18-22-21-14(23(18)3)9-24-13-7-5-4-6-8-13/h4-8,10H,9H2,1-3H3. The second kappa shape index (κ2) is 7.05. The minimum Gasteiger partial charge on any atom is -0.486 e. The molecule has 0 atom stereocenters. The highest BCUT2D eigenvalue weighted by Gasteiger charge is 2.16. The zero-order valence-electron chi connectivity index (χ0n) is 14.6. The summed E-state index contributed by atoms with van der Waals surface area (Å²) < 4.78 is 7.72. The maximum Gasteiger partial charge on any atom is 0.197 e. The molecule has 0 N–H and O–H groups in total. The van der Waals surface area contributed by atoms with E-state index in [2.05, 4.69) is 32.5 Å². The van der Waals surface area contributed by atoms with Crippen LogP contribution in [0.15, 0.2) is 45.9 Å². The second-order valence-electron chi connectivity index (χ2n) is 5.84. The van der Waals surface area contributed by atoms with Crippen LogP contribution in [0.3, 0.4) is 0 Å². The number of fused-ring (bicyclic) bond motifs is 1. The first kappa shape index (κ1) is 17.0. The molecule has 0 aliphatic heterocycles. The molecular weight excluding hydrogens is 366 g/mol. The molecule has 26 heavy (non-hydrogen) atoms. The van der Waals surface area contributed by atoms with Crippen molar-refractivity contribution < 1.29 is 4.74 Å². The van der Waals surface area contributed by atoms with Gasteiger partial charge in [0.2, 0.25) is 0 Å². The number of benzene rings is 1. The normalized spacial score (nSPS) is 11.2. The van der Waals surface area contributed by atoms with Crippen LogP contribution in [0.25, 0.3) is 10.2 Å². The average Bonchev–Trinajstić information content (AvgIpc) is 3.17. The van der Waals surface area contributed by atoms with E-state index in [1.165, 1.54) is 17.3 Å². The number of ether oxygens (including phenoxy) is 1. The summed E-state index contributed by atoms with van der Waals surface area (Å²) in [7, 11) is 1.94. The summed E-state index contributed by atoms with van der Waals surface area (Å²) in [5.74, 6) is 2.34. The Bertz CT molecular complexity index is 1060. The van der Waals surface area contributed by atoms with E-state index in [1.807, 2.05) is 48.9 Å². The lowest BCUT2D eigenvalue weighted by Gasteiger charge is -2.07. The maximum atomic E-state index is 5.78. The van der Waals surface area contributed by atoms with E-state index in [4.69, 9.17) is 4.74 Å². The first-order valence-corrected chi connectivity index (χ1v) is 9.78. The van der Waals surface area contributed by atoms with Gasteiger partial charge in [0, 0.05) is 12.4 Å². The Hall–Kier alpha value is -2.45. The van der Waals surface area contributed by atoms with Crippen LogP contribution in [0.1, 0.15) is 17.2 Å². The van der Waals surface area contributed by atoms with E-state index >= 15 is 0 Å². The highest BCUT2D eigenvalue weighted by Crippen LogP contribution is 2.35. The Kier molecular flexibility index (Phi) is 4.60. The van der Waals surface area contributed by atoms with E-state index in [-0.39, 0.29) is 0 Å². The third-order valence-corrected chi connectivity index (χ3v) is 5.94. The van der Waals surface area contributed by atoms with E-state index in [0.717, 1.165) is 37.8 Å². The molecule has 0 aliphatic carbocycles. The van der Waals surface area contributed by atoms with Crippen molar-refractivity contribution in [1.82, 2.24) is 24.7 Å². The molecule has 0 unspecified atom stereocenters. The van der Waals surface area contributed by atoms with Gasteiger partial charge in [0.15, 0.2) is 11.0 Å². The fourth-order valence-electron chi connectivity index (χ4n) is 2.53. The quantitative estimate of drug-likeness (QED) is 0.482. The number of hydrogen-bond donors (Lipinski definition) is 0. The van der Waals surface area contributed by atoms with Crippen LogP contribution in [-0.4, -0.2) is 24.7 Å². The van der Waals surface area contributed by atoms with Crippen molar-refractivity contribution in [1.29, 1.82) is 0 Å². The third-order valence-electron chi connectivity index (χ3n) is 3.92. The predicted octanol–water partition coefficient (Wildman–Crippen LogP) is 4.17. The fourth-order valence-corrected chi connectivity index (χ4v) is 4.60. The van der Waals surface area contributed by atoms with Gasteiger partial charge in [0.05, 0.1) is 0 Å². The Labute approximate surface area is 159 Å². The summed E-state index contributed by atoms with van der Waals surface area (Å²) in [6.07, 6.45) is 0. The Morgan fingerprint density at radius 3 is 2.73 bits per heavy atom. The van der Waals surface area contributed by atoms with Crippen LogP contribution < -0.4 is 4.74 Å². The molecule has 0 spiro atoms. The molecule has 0 aliphatic rings. The zero-order chi connectivity index (χ0) is 18.1. The first-order valence-electron chi connectivity index (χ1n) is 8.08. The van der Waals surface area contributed by atoms with Crippen LogP contribution in [0.5, 0.6) is 5.75 Å². The van der Waals surface area contributed by atoms with Gasteiger partial charge in [-0.25, -0.2) is 9.97 Å². The van der Waals surface area contributed by atoms with Gasteiger partial charge in [-0.1, -0.05) is 18.2 Å². The molecule has 0 saturated carbocycles. The zero-order valence-corrected chi connectivity index (χ0v) is 16.3. The summed E-state index contributed by atoms with van der Waals surface area (Å²) in [6, 6.07) is 9.69. The van der Waals surface area contributed by atoms with Crippen molar-refractivity contribution in [2.45, 2.75) is 30.6 Å². The number of aromatic nitrogens is 5. The van der Waals surface area contributed by atoms with Gasteiger partial charge in [0.1, 0.15) is 28.0 Å². The van der Waals surface area contributed by atoms with Crippen LogP contribution in [0.4, 0.5) is 0 Å². The van der Waals surface area contributed by atoms with Crippen LogP contribution in [0.2, 0.25) is 0 Å². The molecule has 0 fully saturated rings. The Morgan fingerprint density at radius 2 is 1.92 bits per heavy atom. The van der Waals surface area contributed by atoms with E-state index in [1.54, 1.807) is 11.3 Å². The summed E-state index contributed by atoms with van der Waals surface area (Å²) in [5.41, 5.74) is 1.18. The topological polar surface area (TPSA) is 65.7 Å². The number of aryl methyl sites for hydroxylation is 2. The molecular formula is C18H17N5OS2. The van der Waals surface area contributed by atoms with Gasteiger partial charge in [-0.15, -0.1) is 21.5 Å². The lowest BCUT2D eigenvalue weighted by molar-refractivity contribution is 0.290. The highest BCUT2D eigenvalue weighted by molar-refractivity contribution is 7.99. The Morgan fingerprint density at radius 1 is 1.12 bits per heavy atom. The van der Waals surface area contributed by atoms with E-state index < -0.39 is 0 Å². The third kappa shape index (κ3) is 3.30. The van der Waals surface area contributed by atoms with E-state index in [9.17, 15) is 0 Å². The van der Waals surface area contributed by atoms with Crippen LogP contribution in [-0.2, 0) is 13.7 Å². The summed E-state index contributed by atoms with van der Waals surface area (Å²) in [6.45, 7) is 4.36. The van der Waals surface area contributed by atoms with Crippen molar-refractivity contribution in [3.8, 4) is 5.75 Å². The number of para-hydroxylation sites is 1. The van der Waals surface area contributed by atoms with Crippen molar-refractivity contribution >= 4 is 33.3 Å². The first-order chi connectivity index (χ1) is 12.6. The van der Waals surface area contributed by atoms with Gasteiger partial charge in [-0.2, -0.15) is 0 Å². The molecule has 6 nitrogen and oxygen atoms in total. The summed E-state index contributed by atoms with van der Waals surface area (Å²) in [5, 5.41) is 13.5. The van der Waals surface area contributed by atoms with Crippen molar-refractivity contribution in [2.24, 2.45) is 7.05 Å². The maximum absolute atomic E-state index is 5.78. The predicted molar refractivity (Wildman–Crippen MR) is 103 cm³/mol. The molecule has 3 aromatic heterocycles. The van der Waals surface area contributed by atoms with Crippen LogP contribution in [0, 0.1) is 13.8 Å². The van der Waals surface area contributed by atoms with Gasteiger partial charge >= 0.3 is 0 Å². The smallest absolute Gasteiger partial charge is 0.197 e. The minimum atomic E-state index is 0.365. The number of thiophene rings is 1. The van der Waals surface area contributed by atoms with Crippen molar-refractivity contribution in [2.75, 3.05) is 0 Å². The molecule has 132 valence electrons. The molecule has 8 heteroatoms. The molecule has 0 radical (unpaired) electrons. The Balaban J connectivity index is 1.58. The largest absolute Gasteiger partial charge is 0.486 e. The SMILES string of the molecule is Cc1nc(Sc2nnc(COc3ccccc3)n2C)c2c(C)csc2n1. The monoisotopic (exact) mass is 383 g/mol. The molecule has 0 saturated heterocycles. The van der Waals surface area contributed by atoms with Gasteiger partial charge in [0.25, 0.3) is 0 Å². The summed E-state index contributed by atoms with van der Waals surface area (Å²) >= 11 is 3.15. The average molecular weight is 384 g/mol.